The fourth-order valence-electron chi connectivity index (χ4n) is 1.68. The van der Waals surface area contributed by atoms with E-state index in [0.717, 1.165) is 0 Å². The van der Waals surface area contributed by atoms with Gasteiger partial charge in [0.1, 0.15) is 0 Å². The minimum atomic E-state index is -3.23. The lowest BCUT2D eigenvalue weighted by Crippen LogP contribution is -2.23. The van der Waals surface area contributed by atoms with Gasteiger partial charge in [0.2, 0.25) is 0 Å². The summed E-state index contributed by atoms with van der Waals surface area (Å²) in [5.41, 5.74) is 0.648. The zero-order chi connectivity index (χ0) is 12.9. The molecule has 1 rings (SSSR count). The van der Waals surface area contributed by atoms with Crippen LogP contribution < -0.4 is 4.90 Å². The molecule has 0 aliphatic rings. The van der Waals surface area contributed by atoms with Gasteiger partial charge in [-0.1, -0.05) is 19.1 Å². The first-order valence-corrected chi connectivity index (χ1v) is 7.32. The van der Waals surface area contributed by atoms with Crippen LogP contribution in [-0.2, 0) is 9.84 Å². The number of likely N-dealkylation sites (N-methyl/N-ethyl adjacent to an activating group) is 1. The normalized spacial score (nSPS) is 11.5. The molecule has 17 heavy (non-hydrogen) atoms. The van der Waals surface area contributed by atoms with E-state index in [9.17, 15) is 8.42 Å². The predicted octanol–water partition coefficient (Wildman–Crippen LogP) is 1.30. The van der Waals surface area contributed by atoms with E-state index in [0.29, 0.717) is 23.5 Å². The van der Waals surface area contributed by atoms with Gasteiger partial charge in [-0.15, -0.1) is 0 Å². The molecule has 0 amide bonds. The van der Waals surface area contributed by atoms with Crippen molar-refractivity contribution in [3.63, 3.8) is 0 Å². The van der Waals surface area contributed by atoms with Gasteiger partial charge < -0.3 is 10.0 Å². The van der Waals surface area contributed by atoms with E-state index < -0.39 is 9.84 Å². The molecule has 0 saturated heterocycles. The van der Waals surface area contributed by atoms with Gasteiger partial charge in [-0.2, -0.15) is 0 Å². The Kier molecular flexibility index (Phi) is 4.96. The third-order valence-corrected chi connectivity index (χ3v) is 4.48. The molecule has 0 aliphatic heterocycles. The van der Waals surface area contributed by atoms with Crippen LogP contribution in [-0.4, -0.2) is 39.5 Å². The number of para-hydroxylation sites is 1. The van der Waals surface area contributed by atoms with Crippen molar-refractivity contribution in [1.82, 2.24) is 0 Å². The second-order valence-electron chi connectivity index (χ2n) is 3.93. The van der Waals surface area contributed by atoms with Crippen molar-refractivity contribution in [3.8, 4) is 0 Å². The van der Waals surface area contributed by atoms with Gasteiger partial charge in [-0.3, -0.25) is 0 Å². The predicted molar refractivity (Wildman–Crippen MR) is 69.1 cm³/mol. The minimum Gasteiger partial charge on any atom is -0.395 e. The molecule has 0 radical (unpaired) electrons. The average Bonchev–Trinajstić information content (AvgIpc) is 2.29. The Labute approximate surface area is 103 Å². The molecule has 0 fully saturated rings. The van der Waals surface area contributed by atoms with Gasteiger partial charge in [-0.05, 0) is 18.6 Å². The number of aliphatic hydroxyl groups excluding tert-OH is 1. The van der Waals surface area contributed by atoms with E-state index in [2.05, 4.69) is 0 Å². The van der Waals surface area contributed by atoms with Gasteiger partial charge >= 0.3 is 0 Å². The van der Waals surface area contributed by atoms with Crippen molar-refractivity contribution >= 4 is 15.5 Å². The zero-order valence-corrected chi connectivity index (χ0v) is 11.1. The maximum atomic E-state index is 12.1. The van der Waals surface area contributed by atoms with E-state index in [-0.39, 0.29) is 12.4 Å². The molecule has 0 bridgehead atoms. The van der Waals surface area contributed by atoms with E-state index in [1.165, 1.54) is 0 Å². The monoisotopic (exact) mass is 257 g/mol. The smallest absolute Gasteiger partial charge is 0.180 e. The maximum absolute atomic E-state index is 12.1. The SMILES string of the molecule is CCCS(=O)(=O)c1ccccc1N(C)CCO. The molecule has 0 aromatic heterocycles. The van der Waals surface area contributed by atoms with Crippen LogP contribution in [0.1, 0.15) is 13.3 Å². The minimum absolute atomic E-state index is 0.00133. The van der Waals surface area contributed by atoms with Crippen LogP contribution in [0.4, 0.5) is 5.69 Å². The second kappa shape index (κ2) is 6.02. The lowest BCUT2D eigenvalue weighted by molar-refractivity contribution is 0.304. The van der Waals surface area contributed by atoms with Gasteiger partial charge in [0.15, 0.2) is 9.84 Å². The van der Waals surface area contributed by atoms with Gasteiger partial charge in [0.05, 0.1) is 22.9 Å². The van der Waals surface area contributed by atoms with Crippen LogP contribution in [0.3, 0.4) is 0 Å². The van der Waals surface area contributed by atoms with Crippen molar-refractivity contribution in [2.45, 2.75) is 18.2 Å². The molecule has 0 saturated carbocycles. The summed E-state index contributed by atoms with van der Waals surface area (Å²) in [6.07, 6.45) is 0.598. The summed E-state index contributed by atoms with van der Waals surface area (Å²) >= 11 is 0. The van der Waals surface area contributed by atoms with E-state index >= 15 is 0 Å². The highest BCUT2D eigenvalue weighted by Crippen LogP contribution is 2.25. The number of aliphatic hydroxyl groups is 1. The Morgan fingerprint density at radius 2 is 1.94 bits per heavy atom. The molecule has 5 heteroatoms. The van der Waals surface area contributed by atoms with Gasteiger partial charge in [0.25, 0.3) is 0 Å². The summed E-state index contributed by atoms with van der Waals surface area (Å²) in [6.45, 7) is 2.26. The van der Waals surface area contributed by atoms with Crippen LogP contribution in [0.15, 0.2) is 29.2 Å². The van der Waals surface area contributed by atoms with E-state index in [1.54, 1.807) is 36.2 Å². The zero-order valence-electron chi connectivity index (χ0n) is 10.3. The molecule has 4 nitrogen and oxygen atoms in total. The van der Waals surface area contributed by atoms with Gasteiger partial charge in [0, 0.05) is 13.6 Å². The molecule has 0 aliphatic carbocycles. The molecule has 0 heterocycles. The summed E-state index contributed by atoms with van der Waals surface area (Å²) in [5.74, 6) is 0.150. The highest BCUT2D eigenvalue weighted by Gasteiger charge is 2.18. The first-order valence-electron chi connectivity index (χ1n) is 5.66. The third-order valence-electron chi connectivity index (χ3n) is 2.52. The summed E-state index contributed by atoms with van der Waals surface area (Å²) in [7, 11) is -1.45. The first kappa shape index (κ1) is 14.0. The van der Waals surface area contributed by atoms with Gasteiger partial charge in [-0.25, -0.2) is 8.42 Å². The number of anilines is 1. The Morgan fingerprint density at radius 3 is 2.53 bits per heavy atom. The Balaban J connectivity index is 3.16. The maximum Gasteiger partial charge on any atom is 0.180 e. The summed E-state index contributed by atoms with van der Waals surface area (Å²) in [5, 5.41) is 8.90. The quantitative estimate of drug-likeness (QED) is 0.834. The Bertz CT molecular complexity index is 457. The molecule has 96 valence electrons. The average molecular weight is 257 g/mol. The van der Waals surface area contributed by atoms with Crippen LogP contribution in [0.5, 0.6) is 0 Å². The molecular weight excluding hydrogens is 238 g/mol. The van der Waals surface area contributed by atoms with Crippen molar-refractivity contribution in [1.29, 1.82) is 0 Å². The number of hydrogen-bond donors (Lipinski definition) is 1. The molecular formula is C12H19NO3S. The topological polar surface area (TPSA) is 57.6 Å². The number of hydrogen-bond acceptors (Lipinski definition) is 4. The molecule has 1 N–H and O–H groups in total. The highest BCUT2D eigenvalue weighted by atomic mass is 32.2. The van der Waals surface area contributed by atoms with Crippen LogP contribution in [0.25, 0.3) is 0 Å². The first-order chi connectivity index (χ1) is 8.03. The standard InChI is InChI=1S/C12H19NO3S/c1-3-10-17(15,16)12-7-5-4-6-11(12)13(2)8-9-14/h4-7,14H,3,8-10H2,1-2H3. The van der Waals surface area contributed by atoms with Crippen molar-refractivity contribution in [3.05, 3.63) is 24.3 Å². The Hall–Kier alpha value is -1.07. The van der Waals surface area contributed by atoms with Crippen molar-refractivity contribution in [2.24, 2.45) is 0 Å². The van der Waals surface area contributed by atoms with E-state index in [1.807, 2.05) is 6.92 Å². The summed E-state index contributed by atoms with van der Waals surface area (Å²) in [4.78, 5) is 2.10. The highest BCUT2D eigenvalue weighted by molar-refractivity contribution is 7.91. The fourth-order valence-corrected chi connectivity index (χ4v) is 3.27. The van der Waals surface area contributed by atoms with Crippen molar-refractivity contribution < 1.29 is 13.5 Å². The Morgan fingerprint density at radius 1 is 1.29 bits per heavy atom. The number of benzene rings is 1. The molecule has 0 atom stereocenters. The molecule has 0 spiro atoms. The lowest BCUT2D eigenvalue weighted by Gasteiger charge is -2.21. The fraction of sp³-hybridized carbons (Fsp3) is 0.500. The summed E-state index contributed by atoms with van der Waals surface area (Å²) in [6, 6.07) is 6.90. The largest absolute Gasteiger partial charge is 0.395 e. The lowest BCUT2D eigenvalue weighted by atomic mass is 10.3. The van der Waals surface area contributed by atoms with Crippen LogP contribution >= 0.6 is 0 Å². The van der Waals surface area contributed by atoms with E-state index in [4.69, 9.17) is 5.11 Å². The molecule has 1 aromatic carbocycles. The van der Waals surface area contributed by atoms with Crippen molar-refractivity contribution in [2.75, 3.05) is 30.9 Å². The second-order valence-corrected chi connectivity index (χ2v) is 6.01. The van der Waals surface area contributed by atoms with Crippen LogP contribution in [0.2, 0.25) is 0 Å². The third kappa shape index (κ3) is 3.44. The number of rotatable bonds is 6. The van der Waals surface area contributed by atoms with Crippen LogP contribution in [0, 0.1) is 0 Å². The molecule has 0 unspecified atom stereocenters. The molecule has 1 aromatic rings. The summed E-state index contributed by atoms with van der Waals surface area (Å²) < 4.78 is 24.1. The number of sulfone groups is 1. The number of nitrogens with zero attached hydrogens (tertiary/aromatic N) is 1.